The predicted molar refractivity (Wildman–Crippen MR) is 84.4 cm³/mol. The van der Waals surface area contributed by atoms with Crippen LogP contribution in [-0.4, -0.2) is 16.0 Å². The molecule has 4 nitrogen and oxygen atoms in total. The third-order valence-electron chi connectivity index (χ3n) is 3.94. The second-order valence-electron chi connectivity index (χ2n) is 5.58. The molecule has 1 aromatic carbocycles. The van der Waals surface area contributed by atoms with E-state index in [0.717, 1.165) is 35.1 Å². The number of nitrogens with zero attached hydrogens (tertiary/aromatic N) is 2. The van der Waals surface area contributed by atoms with E-state index in [4.69, 9.17) is 16.3 Å². The molecule has 2 aromatic rings. The second-order valence-corrected chi connectivity index (χ2v) is 6.74. The largest absolute Gasteiger partial charge is 0.492 e. The molecule has 1 N–H and O–H groups in total. The number of hydrogen-bond acceptors (Lipinski definition) is 5. The zero-order valence-corrected chi connectivity index (χ0v) is 13.1. The summed E-state index contributed by atoms with van der Waals surface area (Å²) in [6.45, 7) is 0.707. The van der Waals surface area contributed by atoms with Gasteiger partial charge < -0.3 is 10.1 Å². The van der Waals surface area contributed by atoms with Crippen molar-refractivity contribution in [3.05, 3.63) is 34.6 Å². The van der Waals surface area contributed by atoms with Crippen molar-refractivity contribution in [2.24, 2.45) is 0 Å². The first-order valence-electron chi connectivity index (χ1n) is 7.32. The molecule has 1 atom stereocenters. The van der Waals surface area contributed by atoms with Crippen LogP contribution in [-0.2, 0) is 0 Å². The van der Waals surface area contributed by atoms with Gasteiger partial charge in [0, 0.05) is 23.0 Å². The molecule has 1 unspecified atom stereocenters. The quantitative estimate of drug-likeness (QED) is 0.910. The average Bonchev–Trinajstić information content (AvgIpc) is 3.26. The molecule has 4 rings (SSSR count). The molecule has 1 aliphatic heterocycles. The maximum Gasteiger partial charge on any atom is 0.203 e. The van der Waals surface area contributed by atoms with E-state index in [0.29, 0.717) is 17.5 Å². The Kier molecular flexibility index (Phi) is 3.47. The predicted octanol–water partition coefficient (Wildman–Crippen LogP) is 4.39. The van der Waals surface area contributed by atoms with Gasteiger partial charge in [-0.25, -0.2) is 4.98 Å². The van der Waals surface area contributed by atoms with Gasteiger partial charge >= 0.3 is 0 Å². The molecule has 6 heteroatoms. The summed E-state index contributed by atoms with van der Waals surface area (Å²) in [7, 11) is 0. The molecule has 1 aromatic heterocycles. The Bertz CT molecular complexity index is 656. The molecule has 0 amide bonds. The van der Waals surface area contributed by atoms with Crippen LogP contribution in [0.25, 0.3) is 0 Å². The van der Waals surface area contributed by atoms with Crippen LogP contribution < -0.4 is 10.1 Å². The van der Waals surface area contributed by atoms with E-state index in [1.165, 1.54) is 24.4 Å². The van der Waals surface area contributed by atoms with Crippen LogP contribution in [0.15, 0.2) is 18.2 Å². The lowest BCUT2D eigenvalue weighted by Gasteiger charge is -2.18. The van der Waals surface area contributed by atoms with Crippen molar-refractivity contribution in [2.75, 3.05) is 11.9 Å². The highest BCUT2D eigenvalue weighted by atomic mass is 35.5. The van der Waals surface area contributed by atoms with Gasteiger partial charge in [-0.15, -0.1) is 0 Å². The molecular weight excluding hydrogens is 306 g/mol. The third kappa shape index (κ3) is 2.72. The zero-order chi connectivity index (χ0) is 14.2. The molecule has 1 saturated carbocycles. The van der Waals surface area contributed by atoms with Crippen molar-refractivity contribution in [1.82, 2.24) is 9.36 Å². The molecule has 0 spiro atoms. The number of benzene rings is 1. The van der Waals surface area contributed by atoms with Crippen molar-refractivity contribution >= 4 is 28.3 Å². The average molecular weight is 322 g/mol. The normalized spacial score (nSPS) is 21.3. The van der Waals surface area contributed by atoms with Crippen LogP contribution in [0.5, 0.6) is 5.75 Å². The van der Waals surface area contributed by atoms with Crippen LogP contribution in [0.2, 0.25) is 5.02 Å². The lowest BCUT2D eigenvalue weighted by atomic mass is 10.0. The Morgan fingerprint density at radius 2 is 2.19 bits per heavy atom. The van der Waals surface area contributed by atoms with E-state index in [2.05, 4.69) is 20.7 Å². The Labute approximate surface area is 132 Å². The van der Waals surface area contributed by atoms with Gasteiger partial charge in [-0.3, -0.25) is 0 Å². The van der Waals surface area contributed by atoms with Crippen molar-refractivity contribution < 1.29 is 4.74 Å². The third-order valence-corrected chi connectivity index (χ3v) is 4.90. The number of aromatic nitrogens is 2. The fourth-order valence-corrected chi connectivity index (χ4v) is 3.60. The summed E-state index contributed by atoms with van der Waals surface area (Å²) in [6.07, 6.45) is 4.46. The van der Waals surface area contributed by atoms with Gasteiger partial charge in [-0.05, 0) is 31.7 Å². The summed E-state index contributed by atoms with van der Waals surface area (Å²) in [4.78, 5) is 4.61. The summed E-state index contributed by atoms with van der Waals surface area (Å²) >= 11 is 7.71. The van der Waals surface area contributed by atoms with E-state index in [9.17, 15) is 0 Å². The van der Waals surface area contributed by atoms with Gasteiger partial charge in [-0.2, -0.15) is 4.37 Å². The first-order valence-corrected chi connectivity index (χ1v) is 8.48. The monoisotopic (exact) mass is 321 g/mol. The highest BCUT2D eigenvalue weighted by molar-refractivity contribution is 7.09. The summed E-state index contributed by atoms with van der Waals surface area (Å²) in [6, 6.07) is 6.10. The summed E-state index contributed by atoms with van der Waals surface area (Å²) in [5, 5.41) is 5.09. The van der Waals surface area contributed by atoms with E-state index < -0.39 is 0 Å². The summed E-state index contributed by atoms with van der Waals surface area (Å²) < 4.78 is 10.2. The fourth-order valence-electron chi connectivity index (χ4n) is 2.67. The topological polar surface area (TPSA) is 47.0 Å². The van der Waals surface area contributed by atoms with E-state index in [1.54, 1.807) is 0 Å². The van der Waals surface area contributed by atoms with Crippen LogP contribution in [0.3, 0.4) is 0 Å². The minimum absolute atomic E-state index is 0.182. The van der Waals surface area contributed by atoms with Crippen molar-refractivity contribution in [3.63, 3.8) is 0 Å². The number of rotatable bonds is 3. The van der Waals surface area contributed by atoms with Crippen LogP contribution in [0.4, 0.5) is 5.13 Å². The van der Waals surface area contributed by atoms with Crippen LogP contribution in [0, 0.1) is 0 Å². The minimum Gasteiger partial charge on any atom is -0.492 e. The summed E-state index contributed by atoms with van der Waals surface area (Å²) in [5.74, 6) is 2.40. The van der Waals surface area contributed by atoms with Crippen molar-refractivity contribution in [3.8, 4) is 5.75 Å². The molecule has 2 heterocycles. The molecule has 110 valence electrons. The van der Waals surface area contributed by atoms with Gasteiger partial charge in [0.15, 0.2) is 0 Å². The molecule has 1 aliphatic carbocycles. The van der Waals surface area contributed by atoms with Gasteiger partial charge in [-0.1, -0.05) is 23.7 Å². The molecule has 1 fully saturated rings. The smallest absolute Gasteiger partial charge is 0.203 e. The molecule has 2 aliphatic rings. The Morgan fingerprint density at radius 3 is 3.05 bits per heavy atom. The van der Waals surface area contributed by atoms with E-state index >= 15 is 0 Å². The van der Waals surface area contributed by atoms with Crippen molar-refractivity contribution in [1.29, 1.82) is 0 Å². The molecule has 0 saturated heterocycles. The van der Waals surface area contributed by atoms with Gasteiger partial charge in [0.05, 0.1) is 17.7 Å². The Balaban J connectivity index is 1.60. The number of halogens is 1. The van der Waals surface area contributed by atoms with Crippen LogP contribution >= 0.6 is 23.1 Å². The van der Waals surface area contributed by atoms with Gasteiger partial charge in [0.2, 0.25) is 5.13 Å². The number of para-hydroxylation sites is 1. The lowest BCUT2D eigenvalue weighted by Crippen LogP contribution is -2.10. The van der Waals surface area contributed by atoms with Crippen LogP contribution in [0.1, 0.15) is 49.0 Å². The van der Waals surface area contributed by atoms with Gasteiger partial charge in [0.25, 0.3) is 0 Å². The van der Waals surface area contributed by atoms with E-state index in [1.807, 2.05) is 12.1 Å². The van der Waals surface area contributed by atoms with Gasteiger partial charge in [0.1, 0.15) is 11.6 Å². The number of nitrogens with one attached hydrogen (secondary N) is 1. The molecule has 0 bridgehead atoms. The number of ether oxygens (including phenoxy) is 1. The Hall–Kier alpha value is -1.33. The summed E-state index contributed by atoms with van der Waals surface area (Å²) in [5.41, 5.74) is 1.11. The number of anilines is 1. The zero-order valence-electron chi connectivity index (χ0n) is 11.5. The standard InChI is InChI=1S/C15H16ClN3OS/c16-11-4-1-3-10-12(5-2-8-20-13(10)11)17-15-18-14(19-21-15)9-6-7-9/h1,3-4,9,12H,2,5-8H2,(H,17,18,19). The SMILES string of the molecule is Clc1cccc2c1OCCCC2Nc1nc(C2CC2)ns1. The van der Waals surface area contributed by atoms with E-state index in [-0.39, 0.29) is 6.04 Å². The number of fused-ring (bicyclic) bond motifs is 1. The lowest BCUT2D eigenvalue weighted by molar-refractivity contribution is 0.316. The highest BCUT2D eigenvalue weighted by Crippen LogP contribution is 2.41. The fraction of sp³-hybridized carbons (Fsp3) is 0.467. The first kappa shape index (κ1) is 13.3. The number of hydrogen-bond donors (Lipinski definition) is 1. The Morgan fingerprint density at radius 1 is 1.29 bits per heavy atom. The molecule has 21 heavy (non-hydrogen) atoms. The minimum atomic E-state index is 0.182. The maximum atomic E-state index is 6.26. The van der Waals surface area contributed by atoms with Crippen molar-refractivity contribution in [2.45, 2.75) is 37.6 Å². The maximum absolute atomic E-state index is 6.26. The first-order chi connectivity index (χ1) is 10.3. The second kappa shape index (κ2) is 5.46. The molecule has 0 radical (unpaired) electrons. The molecular formula is C15H16ClN3OS. The highest BCUT2D eigenvalue weighted by Gasteiger charge is 2.28.